The first-order valence-electron chi connectivity index (χ1n) is 8.08. The van der Waals surface area contributed by atoms with Crippen LogP contribution in [0.3, 0.4) is 0 Å². The minimum Gasteiger partial charge on any atom is -0.460 e. The summed E-state index contributed by atoms with van der Waals surface area (Å²) < 4.78 is 102. The quantitative estimate of drug-likeness (QED) is 0.290. The van der Waals surface area contributed by atoms with Gasteiger partial charge in [-0.15, -0.1) is 0 Å². The Labute approximate surface area is 156 Å². The van der Waals surface area contributed by atoms with Gasteiger partial charge in [0.15, 0.2) is 23.3 Å². The van der Waals surface area contributed by atoms with Gasteiger partial charge in [0.2, 0.25) is 0 Å². The molecular formula is C18H17F7O3. The van der Waals surface area contributed by atoms with E-state index in [1.807, 2.05) is 0 Å². The average Bonchev–Trinajstić information content (AvgIpc) is 3.15. The Morgan fingerprint density at radius 2 is 1.46 bits per heavy atom. The van der Waals surface area contributed by atoms with Crippen LogP contribution in [0.1, 0.15) is 25.0 Å². The predicted octanol–water partition coefficient (Wildman–Crippen LogP) is 4.82. The fraction of sp³-hybridized carbons (Fsp3) is 0.500. The first kappa shape index (κ1) is 22.2. The molecule has 0 spiro atoms. The lowest BCUT2D eigenvalue weighted by Crippen LogP contribution is -2.15. The van der Waals surface area contributed by atoms with Crippen LogP contribution in [0.5, 0.6) is 0 Å². The molecule has 1 aliphatic carbocycles. The van der Waals surface area contributed by atoms with E-state index in [-0.39, 0.29) is 6.08 Å². The van der Waals surface area contributed by atoms with Gasteiger partial charge < -0.3 is 9.47 Å². The van der Waals surface area contributed by atoms with Gasteiger partial charge in [0, 0.05) is 13.2 Å². The summed E-state index contributed by atoms with van der Waals surface area (Å²) in [4.78, 5) is 12.1. The maximum absolute atomic E-state index is 14.0. The van der Waals surface area contributed by atoms with Crippen molar-refractivity contribution >= 4 is 5.97 Å². The van der Waals surface area contributed by atoms with Crippen LogP contribution >= 0.6 is 0 Å². The standard InChI is InChI=1S/C18H17F7O3/c1-17(2)10(4-5-18(23,24)25)11(17)16(26)28-7-9-14(21)12(19)8(6-27-3)13(20)15(9)22/h4-5,10-11H,6-7H2,1-3H3/b5-4-/t10-,11+/m1/s1. The Balaban J connectivity index is 2.15. The van der Waals surface area contributed by atoms with Crippen LogP contribution in [-0.2, 0) is 27.5 Å². The largest absolute Gasteiger partial charge is 0.460 e. The number of carbonyl (C=O) groups is 1. The van der Waals surface area contributed by atoms with E-state index in [1.54, 1.807) is 0 Å². The zero-order valence-corrected chi connectivity index (χ0v) is 15.1. The molecule has 0 amide bonds. The number of allylic oxidation sites excluding steroid dienone is 2. The Morgan fingerprint density at radius 1 is 1.00 bits per heavy atom. The van der Waals surface area contributed by atoms with Crippen LogP contribution in [0.4, 0.5) is 30.7 Å². The molecule has 2 atom stereocenters. The van der Waals surface area contributed by atoms with Gasteiger partial charge in [-0.25, -0.2) is 17.6 Å². The van der Waals surface area contributed by atoms with Gasteiger partial charge >= 0.3 is 12.1 Å². The molecule has 0 saturated heterocycles. The average molecular weight is 414 g/mol. The fourth-order valence-electron chi connectivity index (χ4n) is 3.05. The molecule has 0 aliphatic heterocycles. The highest BCUT2D eigenvalue weighted by Crippen LogP contribution is 2.59. The van der Waals surface area contributed by atoms with E-state index in [9.17, 15) is 35.5 Å². The minimum atomic E-state index is -4.56. The van der Waals surface area contributed by atoms with Crippen molar-refractivity contribution in [2.24, 2.45) is 17.3 Å². The zero-order valence-electron chi connectivity index (χ0n) is 15.1. The molecule has 156 valence electrons. The SMILES string of the molecule is COCc1c(F)c(F)c(COC(=O)[C@@H]2[C@@H](/C=C\C(F)(F)F)C2(C)C)c(F)c1F. The number of rotatable bonds is 6. The highest BCUT2D eigenvalue weighted by atomic mass is 19.4. The van der Waals surface area contributed by atoms with Crippen molar-refractivity contribution in [2.45, 2.75) is 33.2 Å². The molecule has 1 saturated carbocycles. The van der Waals surface area contributed by atoms with Crippen LogP contribution in [-0.4, -0.2) is 19.3 Å². The van der Waals surface area contributed by atoms with E-state index in [0.29, 0.717) is 0 Å². The predicted molar refractivity (Wildman–Crippen MR) is 82.7 cm³/mol. The van der Waals surface area contributed by atoms with Crippen molar-refractivity contribution in [3.63, 3.8) is 0 Å². The topological polar surface area (TPSA) is 35.5 Å². The lowest BCUT2D eigenvalue weighted by molar-refractivity contribution is -0.147. The summed E-state index contributed by atoms with van der Waals surface area (Å²) in [7, 11) is 1.07. The number of methoxy groups -OCH3 is 1. The Bertz CT molecular complexity index is 770. The van der Waals surface area contributed by atoms with Crippen molar-refractivity contribution in [3.05, 3.63) is 46.5 Å². The molecule has 1 aromatic carbocycles. The molecule has 0 radical (unpaired) electrons. The van der Waals surface area contributed by atoms with Gasteiger partial charge in [-0.2, -0.15) is 13.2 Å². The van der Waals surface area contributed by atoms with Crippen LogP contribution < -0.4 is 0 Å². The highest BCUT2D eigenvalue weighted by molar-refractivity contribution is 5.78. The van der Waals surface area contributed by atoms with Crippen molar-refractivity contribution in [2.75, 3.05) is 7.11 Å². The van der Waals surface area contributed by atoms with Crippen molar-refractivity contribution < 1.29 is 45.0 Å². The monoisotopic (exact) mass is 414 g/mol. The molecule has 10 heteroatoms. The molecule has 0 heterocycles. The van der Waals surface area contributed by atoms with Gasteiger partial charge in [0.25, 0.3) is 0 Å². The van der Waals surface area contributed by atoms with E-state index in [2.05, 4.69) is 4.74 Å². The highest BCUT2D eigenvalue weighted by Gasteiger charge is 2.61. The van der Waals surface area contributed by atoms with E-state index in [4.69, 9.17) is 4.74 Å². The maximum atomic E-state index is 14.0. The summed E-state index contributed by atoms with van der Waals surface area (Å²) in [6.07, 6.45) is -3.75. The number of hydrogen-bond acceptors (Lipinski definition) is 3. The molecule has 0 bridgehead atoms. The smallest absolute Gasteiger partial charge is 0.409 e. The summed E-state index contributed by atoms with van der Waals surface area (Å²) >= 11 is 0. The first-order chi connectivity index (χ1) is 12.8. The van der Waals surface area contributed by atoms with Crippen molar-refractivity contribution in [3.8, 4) is 0 Å². The van der Waals surface area contributed by atoms with Gasteiger partial charge in [-0.05, 0) is 11.3 Å². The van der Waals surface area contributed by atoms with E-state index >= 15 is 0 Å². The second kappa shape index (κ2) is 7.73. The third-order valence-corrected chi connectivity index (χ3v) is 4.75. The molecule has 3 nitrogen and oxygen atoms in total. The van der Waals surface area contributed by atoms with Gasteiger partial charge in [0.05, 0.1) is 23.7 Å². The Kier molecular flexibility index (Phi) is 6.13. The van der Waals surface area contributed by atoms with Crippen molar-refractivity contribution in [1.29, 1.82) is 0 Å². The van der Waals surface area contributed by atoms with Crippen LogP contribution in [0.25, 0.3) is 0 Å². The summed E-state index contributed by atoms with van der Waals surface area (Å²) in [6, 6.07) is 0. The summed E-state index contributed by atoms with van der Waals surface area (Å²) in [6.45, 7) is 1.21. The molecule has 1 aromatic rings. The van der Waals surface area contributed by atoms with E-state index < -0.39 is 77.0 Å². The molecule has 28 heavy (non-hydrogen) atoms. The molecular weight excluding hydrogens is 397 g/mol. The summed E-state index contributed by atoms with van der Waals surface area (Å²) in [5.74, 6) is -9.63. The van der Waals surface area contributed by atoms with Crippen LogP contribution in [0, 0.1) is 40.5 Å². The van der Waals surface area contributed by atoms with Crippen LogP contribution in [0.2, 0.25) is 0 Å². The lowest BCUT2D eigenvalue weighted by atomic mass is 10.1. The Morgan fingerprint density at radius 3 is 1.89 bits per heavy atom. The second-order valence-corrected chi connectivity index (χ2v) is 6.98. The summed E-state index contributed by atoms with van der Waals surface area (Å²) in [5, 5.41) is 0. The van der Waals surface area contributed by atoms with Crippen molar-refractivity contribution in [1.82, 2.24) is 0 Å². The summed E-state index contributed by atoms with van der Waals surface area (Å²) in [5.41, 5.74) is -2.95. The molecule has 1 fully saturated rings. The molecule has 0 unspecified atom stereocenters. The minimum absolute atomic E-state index is 0.00862. The Hall–Kier alpha value is -2.10. The number of alkyl halides is 3. The van der Waals surface area contributed by atoms with Crippen LogP contribution in [0.15, 0.2) is 12.2 Å². The molecule has 1 aliphatic rings. The van der Waals surface area contributed by atoms with Gasteiger partial charge in [0.1, 0.15) is 6.61 Å². The normalized spacial score (nSPS) is 21.2. The molecule has 0 N–H and O–H groups in total. The molecule has 2 rings (SSSR count). The first-order valence-corrected chi connectivity index (χ1v) is 8.08. The lowest BCUT2D eigenvalue weighted by Gasteiger charge is -2.12. The zero-order chi connectivity index (χ0) is 21.4. The number of halogens is 7. The number of hydrogen-bond donors (Lipinski definition) is 0. The fourth-order valence-corrected chi connectivity index (χ4v) is 3.05. The number of benzene rings is 1. The third-order valence-electron chi connectivity index (χ3n) is 4.75. The number of carbonyl (C=O) groups excluding carboxylic acids is 1. The third kappa shape index (κ3) is 4.31. The van der Waals surface area contributed by atoms with Gasteiger partial charge in [-0.3, -0.25) is 4.79 Å². The van der Waals surface area contributed by atoms with E-state index in [1.165, 1.54) is 13.8 Å². The number of esters is 1. The second-order valence-electron chi connectivity index (χ2n) is 6.98. The van der Waals surface area contributed by atoms with Gasteiger partial charge in [-0.1, -0.05) is 19.9 Å². The maximum Gasteiger partial charge on any atom is 0.409 e. The van der Waals surface area contributed by atoms with E-state index in [0.717, 1.165) is 13.2 Å². The number of ether oxygens (including phenoxy) is 2. The molecule has 0 aromatic heterocycles.